The van der Waals surface area contributed by atoms with Crippen molar-refractivity contribution in [1.82, 2.24) is 8.58 Å². The summed E-state index contributed by atoms with van der Waals surface area (Å²) >= 11 is 3.14. The molecule has 1 heterocycles. The van der Waals surface area contributed by atoms with Crippen molar-refractivity contribution in [1.29, 1.82) is 0 Å². The van der Waals surface area contributed by atoms with Crippen LogP contribution < -0.4 is 0 Å². The van der Waals surface area contributed by atoms with Crippen LogP contribution in [0.4, 0.5) is 0 Å². The Labute approximate surface area is 147 Å². The van der Waals surface area contributed by atoms with E-state index in [0.29, 0.717) is 0 Å². The molecule has 3 heteroatoms. The monoisotopic (exact) mass is 372 g/mol. The Kier molecular flexibility index (Phi) is 18.5. The predicted octanol–water partition coefficient (Wildman–Crippen LogP) is 7.53. The largest absolute Gasteiger partial charge is 0.273 e. The first kappa shape index (κ1) is 21.7. The van der Waals surface area contributed by atoms with Gasteiger partial charge in [-0.15, -0.1) is 0 Å². The summed E-state index contributed by atoms with van der Waals surface area (Å²) in [6.07, 6.45) is 25.6. The van der Waals surface area contributed by atoms with Gasteiger partial charge in [-0.05, 0) is 0 Å². The number of hydrogen-bond donors (Lipinski definition) is 0. The molecule has 0 amide bonds. The third-order valence-corrected chi connectivity index (χ3v) is 4.35. The maximum atomic E-state index is 3.74. The Hall–Kier alpha value is -0.310. The summed E-state index contributed by atoms with van der Waals surface area (Å²) in [6.45, 7) is 4.58. The first-order chi connectivity index (χ1) is 10.8. The van der Waals surface area contributed by atoms with E-state index >= 15 is 0 Å². The van der Waals surface area contributed by atoms with E-state index in [-0.39, 0.29) is 0 Å². The fraction of sp³-hybridized carbons (Fsp3) is 0.842. The molecule has 0 aliphatic carbocycles. The maximum Gasteiger partial charge on any atom is 0.105 e. The van der Waals surface area contributed by atoms with Crippen LogP contribution in [0.5, 0.6) is 0 Å². The number of halogens is 1. The molecule has 0 N–H and O–H groups in total. The Morgan fingerprint density at radius 2 is 1.05 bits per heavy atom. The van der Waals surface area contributed by atoms with Crippen LogP contribution in [0.1, 0.15) is 104 Å². The Morgan fingerprint density at radius 1 is 0.682 bits per heavy atom. The Balaban J connectivity index is 0.000000604. The Morgan fingerprint density at radius 3 is 1.23 bits per heavy atom. The highest BCUT2D eigenvalue weighted by atomic mass is 79.9. The van der Waals surface area contributed by atoms with Gasteiger partial charge < -0.3 is 0 Å². The minimum Gasteiger partial charge on any atom is -0.273 e. The van der Waals surface area contributed by atoms with E-state index in [0.717, 1.165) is 0 Å². The molecule has 0 saturated carbocycles. The van der Waals surface area contributed by atoms with Gasteiger partial charge in [-0.2, -0.15) is 0 Å². The number of hydrogen-bond acceptors (Lipinski definition) is 1. The normalized spacial score (nSPS) is 10.3. The molecule has 1 aromatic rings. The molecule has 0 aliphatic rings. The SMILES string of the molecule is Brn1ccnc1.CCCCCCCCCCCCCCCC. The summed E-state index contributed by atoms with van der Waals surface area (Å²) in [6, 6.07) is 0. The van der Waals surface area contributed by atoms with Crippen LogP contribution in [0.15, 0.2) is 18.7 Å². The van der Waals surface area contributed by atoms with Crippen molar-refractivity contribution in [3.8, 4) is 0 Å². The van der Waals surface area contributed by atoms with Gasteiger partial charge in [0.15, 0.2) is 0 Å². The van der Waals surface area contributed by atoms with E-state index in [1.165, 1.54) is 89.9 Å². The fourth-order valence-electron chi connectivity index (χ4n) is 2.51. The number of nitrogens with zero attached hydrogens (tertiary/aromatic N) is 2. The van der Waals surface area contributed by atoms with Gasteiger partial charge in [-0.25, -0.2) is 4.98 Å². The highest BCUT2D eigenvalue weighted by Crippen LogP contribution is 2.12. The minimum atomic E-state index is 1.37. The van der Waals surface area contributed by atoms with Crippen LogP contribution in [-0.4, -0.2) is 8.58 Å². The fourth-order valence-corrected chi connectivity index (χ4v) is 2.72. The smallest absolute Gasteiger partial charge is 0.105 e. The van der Waals surface area contributed by atoms with Gasteiger partial charge in [-0.1, -0.05) is 104 Å². The van der Waals surface area contributed by atoms with Gasteiger partial charge in [0, 0.05) is 12.4 Å². The lowest BCUT2D eigenvalue weighted by atomic mass is 10.0. The van der Waals surface area contributed by atoms with Crippen molar-refractivity contribution in [2.75, 3.05) is 0 Å². The molecule has 0 fully saturated rings. The molecule has 0 aromatic carbocycles. The molecule has 22 heavy (non-hydrogen) atoms. The first-order valence-corrected chi connectivity index (χ1v) is 10.2. The molecule has 0 unspecified atom stereocenters. The molecule has 0 saturated heterocycles. The molecule has 0 bridgehead atoms. The lowest BCUT2D eigenvalue weighted by Crippen LogP contribution is -1.82. The van der Waals surface area contributed by atoms with Gasteiger partial charge in [-0.3, -0.25) is 3.59 Å². The molecule has 130 valence electrons. The number of imidazole rings is 1. The van der Waals surface area contributed by atoms with Crippen molar-refractivity contribution < 1.29 is 0 Å². The summed E-state index contributed by atoms with van der Waals surface area (Å²) in [5, 5.41) is 0. The second-order valence-corrected chi connectivity index (χ2v) is 6.97. The van der Waals surface area contributed by atoms with E-state index in [1.807, 2.05) is 0 Å². The lowest BCUT2D eigenvalue weighted by Gasteiger charge is -2.02. The Bertz CT molecular complexity index is 272. The zero-order valence-corrected chi connectivity index (χ0v) is 16.5. The topological polar surface area (TPSA) is 17.8 Å². The van der Waals surface area contributed by atoms with Crippen molar-refractivity contribution in [3.05, 3.63) is 18.7 Å². The summed E-state index contributed by atoms with van der Waals surface area (Å²) in [7, 11) is 0. The summed E-state index contributed by atoms with van der Waals surface area (Å²) in [4.78, 5) is 3.74. The molecular formula is C19H37BrN2. The quantitative estimate of drug-likeness (QED) is 0.327. The van der Waals surface area contributed by atoms with E-state index in [2.05, 4.69) is 35.0 Å². The molecule has 0 spiro atoms. The van der Waals surface area contributed by atoms with E-state index in [4.69, 9.17) is 0 Å². The van der Waals surface area contributed by atoms with Crippen LogP contribution in [0.3, 0.4) is 0 Å². The molecule has 1 aromatic heterocycles. The van der Waals surface area contributed by atoms with Gasteiger partial charge in [0.25, 0.3) is 0 Å². The third-order valence-electron chi connectivity index (χ3n) is 3.93. The summed E-state index contributed by atoms with van der Waals surface area (Å²) < 4.78 is 1.70. The third kappa shape index (κ3) is 17.7. The van der Waals surface area contributed by atoms with Crippen molar-refractivity contribution in [3.63, 3.8) is 0 Å². The average molecular weight is 373 g/mol. The minimum absolute atomic E-state index is 1.37. The van der Waals surface area contributed by atoms with Crippen molar-refractivity contribution >= 4 is 16.1 Å². The zero-order valence-electron chi connectivity index (χ0n) is 14.9. The second-order valence-electron chi connectivity index (χ2n) is 6.15. The van der Waals surface area contributed by atoms with Crippen LogP contribution >= 0.6 is 16.1 Å². The lowest BCUT2D eigenvalue weighted by molar-refractivity contribution is 0.538. The molecule has 0 aliphatic heterocycles. The number of aromatic nitrogens is 2. The second kappa shape index (κ2) is 18.7. The van der Waals surface area contributed by atoms with Gasteiger partial charge in [0.05, 0.1) is 16.1 Å². The molecular weight excluding hydrogens is 336 g/mol. The van der Waals surface area contributed by atoms with Crippen LogP contribution in [0.25, 0.3) is 0 Å². The summed E-state index contributed by atoms with van der Waals surface area (Å²) in [5.74, 6) is 0. The zero-order chi connectivity index (χ0) is 16.3. The van der Waals surface area contributed by atoms with Crippen LogP contribution in [-0.2, 0) is 0 Å². The number of rotatable bonds is 13. The van der Waals surface area contributed by atoms with Gasteiger partial charge in [0.2, 0.25) is 0 Å². The molecule has 0 atom stereocenters. The predicted molar refractivity (Wildman–Crippen MR) is 103 cm³/mol. The maximum absolute atomic E-state index is 3.74. The molecule has 2 nitrogen and oxygen atoms in total. The van der Waals surface area contributed by atoms with Gasteiger partial charge in [0.1, 0.15) is 6.33 Å². The van der Waals surface area contributed by atoms with E-state index in [1.54, 1.807) is 22.3 Å². The van der Waals surface area contributed by atoms with Crippen LogP contribution in [0.2, 0.25) is 0 Å². The van der Waals surface area contributed by atoms with Gasteiger partial charge >= 0.3 is 0 Å². The van der Waals surface area contributed by atoms with Crippen LogP contribution in [0, 0.1) is 0 Å². The highest BCUT2D eigenvalue weighted by molar-refractivity contribution is 9.08. The average Bonchev–Trinajstić information content (AvgIpc) is 3.00. The van der Waals surface area contributed by atoms with Crippen molar-refractivity contribution in [2.24, 2.45) is 0 Å². The number of unbranched alkanes of at least 4 members (excludes halogenated alkanes) is 13. The van der Waals surface area contributed by atoms with Crippen molar-refractivity contribution in [2.45, 2.75) is 104 Å². The molecule has 0 radical (unpaired) electrons. The summed E-state index contributed by atoms with van der Waals surface area (Å²) in [5.41, 5.74) is 0. The first-order valence-electron chi connectivity index (χ1n) is 9.45. The highest BCUT2D eigenvalue weighted by Gasteiger charge is 1.92. The van der Waals surface area contributed by atoms with E-state index in [9.17, 15) is 0 Å². The molecule has 1 rings (SSSR count). The standard InChI is InChI=1S/C16H34.C3H3BrN2/c1-3-5-7-9-11-13-15-16-14-12-10-8-6-4-2;4-6-2-1-5-3-6/h3-16H2,1-2H3;1-3H. The van der Waals surface area contributed by atoms with E-state index < -0.39 is 0 Å².